The molecule has 2 aromatic rings. The summed E-state index contributed by atoms with van der Waals surface area (Å²) in [4.78, 5) is 50.0. The monoisotopic (exact) mass is 529 g/mol. The topological polar surface area (TPSA) is 123 Å². The van der Waals surface area contributed by atoms with E-state index in [4.69, 9.17) is 9.47 Å². The second kappa shape index (κ2) is 16.3. The Hall–Kier alpha value is -3.53. The summed E-state index contributed by atoms with van der Waals surface area (Å²) in [5, 5.41) is 8.31. The Labute approximate surface area is 222 Å². The van der Waals surface area contributed by atoms with Crippen molar-refractivity contribution < 1.29 is 28.7 Å². The maximum Gasteiger partial charge on any atom is 0.328 e. The highest BCUT2D eigenvalue weighted by atomic mass is 32.2. The van der Waals surface area contributed by atoms with Crippen molar-refractivity contribution in [2.24, 2.45) is 0 Å². The fourth-order valence-corrected chi connectivity index (χ4v) is 3.99. The average Bonchev–Trinajstić information content (AvgIpc) is 2.92. The lowest BCUT2D eigenvalue weighted by Gasteiger charge is -2.19. The van der Waals surface area contributed by atoms with Gasteiger partial charge in [-0.2, -0.15) is 11.8 Å². The van der Waals surface area contributed by atoms with Crippen molar-refractivity contribution in [3.63, 3.8) is 0 Å². The smallest absolute Gasteiger partial charge is 0.328 e. The first-order chi connectivity index (χ1) is 17.9. The van der Waals surface area contributed by atoms with Gasteiger partial charge < -0.3 is 25.4 Å². The number of esters is 1. The van der Waals surface area contributed by atoms with Gasteiger partial charge in [0.1, 0.15) is 17.8 Å². The van der Waals surface area contributed by atoms with Crippen LogP contribution in [0.1, 0.15) is 35.2 Å². The molecule has 0 spiro atoms. The molecule has 0 aliphatic carbocycles. The summed E-state index contributed by atoms with van der Waals surface area (Å²) in [5.74, 6) is -0.162. The van der Waals surface area contributed by atoms with E-state index >= 15 is 0 Å². The molecule has 2 rings (SSSR count). The molecule has 0 aliphatic heterocycles. The Balaban J connectivity index is 1.92. The highest BCUT2D eigenvalue weighted by Gasteiger charge is 2.23. The minimum atomic E-state index is -0.805. The van der Waals surface area contributed by atoms with E-state index in [1.807, 2.05) is 36.6 Å². The highest BCUT2D eigenvalue weighted by molar-refractivity contribution is 7.98. The van der Waals surface area contributed by atoms with Gasteiger partial charge in [0.25, 0.3) is 5.91 Å². The van der Waals surface area contributed by atoms with Gasteiger partial charge in [0.05, 0.1) is 14.2 Å². The largest absolute Gasteiger partial charge is 0.497 e. The van der Waals surface area contributed by atoms with Gasteiger partial charge in [-0.25, -0.2) is 4.79 Å². The van der Waals surface area contributed by atoms with Crippen LogP contribution >= 0.6 is 11.8 Å². The van der Waals surface area contributed by atoms with Crippen molar-refractivity contribution in [3.05, 3.63) is 65.7 Å². The average molecular weight is 530 g/mol. The Morgan fingerprint density at radius 1 is 0.919 bits per heavy atom. The minimum Gasteiger partial charge on any atom is -0.497 e. The number of rotatable bonds is 15. The molecule has 0 aliphatic rings. The van der Waals surface area contributed by atoms with Gasteiger partial charge in [0.15, 0.2) is 0 Å². The maximum atomic E-state index is 13.0. The van der Waals surface area contributed by atoms with Gasteiger partial charge in [-0.1, -0.05) is 30.3 Å². The van der Waals surface area contributed by atoms with Crippen molar-refractivity contribution in [2.45, 2.75) is 37.8 Å². The van der Waals surface area contributed by atoms with Crippen molar-refractivity contribution in [3.8, 4) is 5.75 Å². The van der Waals surface area contributed by atoms with Crippen LogP contribution in [0.15, 0.2) is 54.6 Å². The SMILES string of the molecule is COC(=O)[C@H](CCSC)NC(=O)CCCNC(=O)[C@@H](Cc1ccccc1)NC(=O)c1ccc(OC)cc1. The molecule has 0 bridgehead atoms. The first kappa shape index (κ1) is 29.7. The van der Waals surface area contributed by atoms with Gasteiger partial charge in [-0.15, -0.1) is 0 Å². The lowest BCUT2D eigenvalue weighted by atomic mass is 10.0. The number of hydrogen-bond acceptors (Lipinski definition) is 7. The van der Waals surface area contributed by atoms with Crippen LogP contribution in [0.4, 0.5) is 0 Å². The number of amides is 3. The van der Waals surface area contributed by atoms with Crippen molar-refractivity contribution in [1.29, 1.82) is 0 Å². The third-order valence-electron chi connectivity index (χ3n) is 5.57. The lowest BCUT2D eigenvalue weighted by Crippen LogP contribution is -2.48. The summed E-state index contributed by atoms with van der Waals surface area (Å²) < 4.78 is 9.88. The number of thioether (sulfide) groups is 1. The summed E-state index contributed by atoms with van der Waals surface area (Å²) in [7, 11) is 2.83. The molecular weight excluding hydrogens is 494 g/mol. The molecule has 10 heteroatoms. The molecule has 0 unspecified atom stereocenters. The van der Waals surface area contributed by atoms with E-state index in [9.17, 15) is 19.2 Å². The Morgan fingerprint density at radius 3 is 2.24 bits per heavy atom. The van der Waals surface area contributed by atoms with Gasteiger partial charge in [-0.05, 0) is 54.7 Å². The summed E-state index contributed by atoms with van der Waals surface area (Å²) in [5.41, 5.74) is 1.31. The molecule has 0 fully saturated rings. The first-order valence-electron chi connectivity index (χ1n) is 12.0. The van der Waals surface area contributed by atoms with Gasteiger partial charge in [0.2, 0.25) is 11.8 Å². The molecule has 2 atom stereocenters. The molecule has 200 valence electrons. The van der Waals surface area contributed by atoms with Gasteiger partial charge >= 0.3 is 5.97 Å². The molecule has 0 saturated heterocycles. The summed E-state index contributed by atoms with van der Waals surface area (Å²) in [6.07, 6.45) is 3.22. The molecular formula is C27H35N3O6S. The Kier molecular flexibility index (Phi) is 13.1. The summed E-state index contributed by atoms with van der Waals surface area (Å²) in [6, 6.07) is 14.5. The second-order valence-corrected chi connectivity index (χ2v) is 9.25. The quantitative estimate of drug-likeness (QED) is 0.239. The van der Waals surface area contributed by atoms with Crippen LogP contribution in [0.5, 0.6) is 5.75 Å². The van der Waals surface area contributed by atoms with Crippen LogP contribution in [-0.4, -0.2) is 68.5 Å². The maximum absolute atomic E-state index is 13.0. The van der Waals surface area contributed by atoms with Crippen LogP contribution in [0.25, 0.3) is 0 Å². The number of nitrogens with one attached hydrogen (secondary N) is 3. The van der Waals surface area contributed by atoms with E-state index in [-0.39, 0.29) is 30.7 Å². The number of carbonyl (C=O) groups is 4. The fourth-order valence-electron chi connectivity index (χ4n) is 3.52. The third kappa shape index (κ3) is 10.5. The number of carbonyl (C=O) groups excluding carboxylic acids is 4. The molecule has 37 heavy (non-hydrogen) atoms. The normalized spacial score (nSPS) is 12.1. The predicted molar refractivity (Wildman–Crippen MR) is 144 cm³/mol. The van der Waals surface area contributed by atoms with Crippen LogP contribution in [0.3, 0.4) is 0 Å². The molecule has 3 N–H and O–H groups in total. The second-order valence-electron chi connectivity index (χ2n) is 8.26. The van der Waals surface area contributed by atoms with E-state index in [0.717, 1.165) is 5.56 Å². The zero-order chi connectivity index (χ0) is 27.0. The first-order valence-corrected chi connectivity index (χ1v) is 13.4. The Morgan fingerprint density at radius 2 is 1.62 bits per heavy atom. The minimum absolute atomic E-state index is 0.134. The van der Waals surface area contributed by atoms with E-state index in [1.54, 1.807) is 43.1 Å². The molecule has 9 nitrogen and oxygen atoms in total. The van der Waals surface area contributed by atoms with E-state index in [1.165, 1.54) is 7.11 Å². The van der Waals surface area contributed by atoms with Crippen LogP contribution < -0.4 is 20.7 Å². The zero-order valence-electron chi connectivity index (χ0n) is 21.5. The molecule has 0 saturated carbocycles. The number of ether oxygens (including phenoxy) is 2. The molecule has 3 amide bonds. The standard InChI is InChI=1S/C27H35N3O6S/c1-35-21-13-11-20(12-14-21)25(32)30-23(18-19-8-5-4-6-9-19)26(33)28-16-7-10-24(31)29-22(15-17-37-3)27(34)36-2/h4-6,8-9,11-14,22-23H,7,10,15-18H2,1-3H3,(H,28,33)(H,29,31)(H,30,32)/t22-,23+/m0/s1. The number of hydrogen-bond donors (Lipinski definition) is 3. The number of methoxy groups -OCH3 is 2. The van der Waals surface area contributed by atoms with Crippen LogP contribution in [0.2, 0.25) is 0 Å². The van der Waals surface area contributed by atoms with Gasteiger partial charge in [0, 0.05) is 24.9 Å². The van der Waals surface area contributed by atoms with Crippen molar-refractivity contribution >= 4 is 35.5 Å². The highest BCUT2D eigenvalue weighted by Crippen LogP contribution is 2.12. The van der Waals surface area contributed by atoms with E-state index in [2.05, 4.69) is 16.0 Å². The molecule has 0 aromatic heterocycles. The summed E-state index contributed by atoms with van der Waals surface area (Å²) in [6.45, 7) is 0.240. The fraction of sp³-hybridized carbons (Fsp3) is 0.407. The van der Waals surface area contributed by atoms with E-state index in [0.29, 0.717) is 36.3 Å². The Bertz CT molecular complexity index is 1020. The van der Waals surface area contributed by atoms with Gasteiger partial charge in [-0.3, -0.25) is 14.4 Å². The van der Waals surface area contributed by atoms with E-state index < -0.39 is 18.1 Å². The predicted octanol–water partition coefficient (Wildman–Crippen LogP) is 2.34. The van der Waals surface area contributed by atoms with Crippen molar-refractivity contribution in [1.82, 2.24) is 16.0 Å². The zero-order valence-corrected chi connectivity index (χ0v) is 22.3. The molecule has 0 radical (unpaired) electrons. The van der Waals surface area contributed by atoms with Crippen LogP contribution in [0, 0.1) is 0 Å². The molecule has 0 heterocycles. The molecule has 2 aromatic carbocycles. The number of benzene rings is 2. The summed E-state index contributed by atoms with van der Waals surface area (Å²) >= 11 is 1.57. The third-order valence-corrected chi connectivity index (χ3v) is 6.21. The lowest BCUT2D eigenvalue weighted by molar-refractivity contribution is -0.145. The van der Waals surface area contributed by atoms with Crippen LogP contribution in [-0.2, 0) is 25.5 Å². The van der Waals surface area contributed by atoms with Crippen molar-refractivity contribution in [2.75, 3.05) is 32.8 Å².